The average Bonchev–Trinajstić information content (AvgIpc) is 2.72. The van der Waals surface area contributed by atoms with Crippen LogP contribution in [0.5, 0.6) is 0 Å². The van der Waals surface area contributed by atoms with Crippen molar-refractivity contribution < 1.29 is 19.1 Å². The molecule has 1 fully saturated rings. The van der Waals surface area contributed by atoms with E-state index in [1.807, 2.05) is 0 Å². The van der Waals surface area contributed by atoms with Crippen LogP contribution in [0.4, 0.5) is 4.79 Å². The minimum Gasteiger partial charge on any atom is -0.444 e. The van der Waals surface area contributed by atoms with Gasteiger partial charge in [-0.2, -0.15) is 0 Å². The lowest BCUT2D eigenvalue weighted by Crippen LogP contribution is -2.56. The number of amides is 3. The molecule has 1 heterocycles. The van der Waals surface area contributed by atoms with Crippen LogP contribution in [0.25, 0.3) is 10.9 Å². The van der Waals surface area contributed by atoms with E-state index in [-0.39, 0.29) is 23.6 Å². The second kappa shape index (κ2) is 9.91. The van der Waals surface area contributed by atoms with Gasteiger partial charge in [0.25, 0.3) is 5.91 Å². The Morgan fingerprint density at radius 2 is 1.79 bits per heavy atom. The summed E-state index contributed by atoms with van der Waals surface area (Å²) < 4.78 is 5.39. The van der Waals surface area contributed by atoms with E-state index < -0.39 is 23.6 Å². The second-order valence-electron chi connectivity index (χ2n) is 9.51. The Hall–Kier alpha value is -2.94. The van der Waals surface area contributed by atoms with Gasteiger partial charge in [0, 0.05) is 36.5 Å². The van der Waals surface area contributed by atoms with Crippen molar-refractivity contribution in [3.05, 3.63) is 35.0 Å². The summed E-state index contributed by atoms with van der Waals surface area (Å²) in [6.07, 6.45) is 0.916. The van der Waals surface area contributed by atoms with Crippen molar-refractivity contribution >= 4 is 40.4 Å². The van der Waals surface area contributed by atoms with Gasteiger partial charge in [0.2, 0.25) is 5.91 Å². The first-order valence-corrected chi connectivity index (χ1v) is 11.3. The molecule has 2 aromatic rings. The number of hydrogen-bond donors (Lipinski definition) is 2. The van der Waals surface area contributed by atoms with Crippen molar-refractivity contribution in [2.45, 2.75) is 57.7 Å². The van der Waals surface area contributed by atoms with E-state index >= 15 is 0 Å². The van der Waals surface area contributed by atoms with Crippen LogP contribution in [0.1, 0.15) is 50.5 Å². The number of hydrogen-bond acceptors (Lipinski definition) is 6. The van der Waals surface area contributed by atoms with E-state index in [0.717, 1.165) is 5.39 Å². The zero-order valence-corrected chi connectivity index (χ0v) is 20.3. The summed E-state index contributed by atoms with van der Waals surface area (Å²) in [5, 5.41) is 15.2. The summed E-state index contributed by atoms with van der Waals surface area (Å²) >= 11 is 5.98. The van der Waals surface area contributed by atoms with E-state index in [0.29, 0.717) is 29.8 Å². The Morgan fingerprint density at radius 1 is 1.06 bits per heavy atom. The smallest absolute Gasteiger partial charge is 0.407 e. The Labute approximate surface area is 198 Å². The topological polar surface area (TPSA) is 114 Å². The Bertz CT molecular complexity index is 1050. The summed E-state index contributed by atoms with van der Waals surface area (Å²) in [7, 11) is 3.41. The summed E-state index contributed by atoms with van der Waals surface area (Å²) in [5.41, 5.74) is 0.0819. The maximum absolute atomic E-state index is 12.9. The molecule has 1 aliphatic carbocycles. The number of aromatic nitrogens is 2. The maximum Gasteiger partial charge on any atom is 0.407 e. The molecule has 0 unspecified atom stereocenters. The van der Waals surface area contributed by atoms with E-state index in [2.05, 4.69) is 20.8 Å². The summed E-state index contributed by atoms with van der Waals surface area (Å²) in [4.78, 5) is 39.5. The SMILES string of the molecule is CN(C)C(=O)[C@H]1CC[C@H](NC(=O)c2cc3ccc(Cl)cc3nn2)[C@H](NC(=O)OC(C)(C)C)C1. The molecule has 1 aliphatic rings. The minimum absolute atomic E-state index is 0.00479. The zero-order valence-electron chi connectivity index (χ0n) is 19.5. The van der Waals surface area contributed by atoms with Gasteiger partial charge in [-0.15, -0.1) is 10.2 Å². The van der Waals surface area contributed by atoms with Gasteiger partial charge in [-0.3, -0.25) is 9.59 Å². The van der Waals surface area contributed by atoms with Crippen LogP contribution in [0, 0.1) is 5.92 Å². The van der Waals surface area contributed by atoms with Gasteiger partial charge in [0.15, 0.2) is 5.69 Å². The molecule has 1 saturated carbocycles. The molecule has 2 N–H and O–H groups in total. The van der Waals surface area contributed by atoms with Crippen LogP contribution in [0.2, 0.25) is 5.02 Å². The van der Waals surface area contributed by atoms with E-state index in [1.54, 1.807) is 64.0 Å². The normalized spacial score (nSPS) is 20.7. The number of alkyl carbamates (subject to hydrolysis) is 1. The molecule has 0 radical (unpaired) electrons. The molecule has 33 heavy (non-hydrogen) atoms. The molecule has 10 heteroatoms. The molecule has 1 aromatic carbocycles. The molecule has 0 saturated heterocycles. The lowest BCUT2D eigenvalue weighted by molar-refractivity contribution is -0.134. The highest BCUT2D eigenvalue weighted by molar-refractivity contribution is 6.31. The van der Waals surface area contributed by atoms with Crippen molar-refractivity contribution in [2.24, 2.45) is 5.92 Å². The third-order valence-corrected chi connectivity index (χ3v) is 5.68. The number of nitrogens with zero attached hydrogens (tertiary/aromatic N) is 3. The molecule has 0 aliphatic heterocycles. The first-order chi connectivity index (χ1) is 15.4. The van der Waals surface area contributed by atoms with Crippen LogP contribution < -0.4 is 10.6 Å². The van der Waals surface area contributed by atoms with Crippen LogP contribution >= 0.6 is 11.6 Å². The number of halogens is 1. The molecule has 0 bridgehead atoms. The number of ether oxygens (including phenoxy) is 1. The number of benzene rings is 1. The highest BCUT2D eigenvalue weighted by atomic mass is 35.5. The van der Waals surface area contributed by atoms with Crippen molar-refractivity contribution in [2.75, 3.05) is 14.1 Å². The fourth-order valence-electron chi connectivity index (χ4n) is 3.91. The largest absolute Gasteiger partial charge is 0.444 e. The van der Waals surface area contributed by atoms with Crippen molar-refractivity contribution in [1.29, 1.82) is 0 Å². The third kappa shape index (κ3) is 6.54. The number of nitrogens with one attached hydrogen (secondary N) is 2. The molecule has 0 spiro atoms. The summed E-state index contributed by atoms with van der Waals surface area (Å²) in [6, 6.07) is 5.95. The number of carbonyl (C=O) groups excluding carboxylic acids is 3. The third-order valence-electron chi connectivity index (χ3n) is 5.44. The maximum atomic E-state index is 12.9. The van der Waals surface area contributed by atoms with Gasteiger partial charge in [0.05, 0.1) is 11.6 Å². The summed E-state index contributed by atoms with van der Waals surface area (Å²) in [6.45, 7) is 5.32. The van der Waals surface area contributed by atoms with E-state index in [9.17, 15) is 14.4 Å². The number of fused-ring (bicyclic) bond motifs is 1. The van der Waals surface area contributed by atoms with E-state index in [4.69, 9.17) is 16.3 Å². The molecule has 3 rings (SSSR count). The molecular weight excluding hydrogens is 446 g/mol. The molecule has 9 nitrogen and oxygen atoms in total. The van der Waals surface area contributed by atoms with Crippen LogP contribution in [0.15, 0.2) is 24.3 Å². The Morgan fingerprint density at radius 3 is 2.45 bits per heavy atom. The van der Waals surface area contributed by atoms with Crippen molar-refractivity contribution in [3.8, 4) is 0 Å². The van der Waals surface area contributed by atoms with Gasteiger partial charge in [-0.25, -0.2) is 4.79 Å². The van der Waals surface area contributed by atoms with Gasteiger partial charge in [-0.05, 0) is 58.2 Å². The minimum atomic E-state index is -0.667. The van der Waals surface area contributed by atoms with Crippen molar-refractivity contribution in [3.63, 3.8) is 0 Å². The fourth-order valence-corrected chi connectivity index (χ4v) is 4.08. The molecule has 1 aromatic heterocycles. The number of rotatable bonds is 4. The highest BCUT2D eigenvalue weighted by Crippen LogP contribution is 2.27. The van der Waals surface area contributed by atoms with Gasteiger partial charge in [0.1, 0.15) is 5.60 Å². The first-order valence-electron chi connectivity index (χ1n) is 10.9. The Balaban J connectivity index is 1.76. The predicted molar refractivity (Wildman–Crippen MR) is 125 cm³/mol. The van der Waals surface area contributed by atoms with Gasteiger partial charge >= 0.3 is 6.09 Å². The average molecular weight is 476 g/mol. The first kappa shape index (κ1) is 24.7. The van der Waals surface area contributed by atoms with Crippen LogP contribution in [0.3, 0.4) is 0 Å². The summed E-state index contributed by atoms with van der Waals surface area (Å²) in [5.74, 6) is -0.661. The molecule has 178 valence electrons. The molecule has 3 atom stereocenters. The van der Waals surface area contributed by atoms with Crippen LogP contribution in [-0.2, 0) is 9.53 Å². The lowest BCUT2D eigenvalue weighted by Gasteiger charge is -2.37. The lowest BCUT2D eigenvalue weighted by atomic mass is 9.81. The number of carbonyl (C=O) groups is 3. The molecule has 3 amide bonds. The highest BCUT2D eigenvalue weighted by Gasteiger charge is 2.37. The van der Waals surface area contributed by atoms with Gasteiger partial charge in [-0.1, -0.05) is 17.7 Å². The quantitative estimate of drug-likeness (QED) is 0.702. The Kier molecular flexibility index (Phi) is 7.41. The van der Waals surface area contributed by atoms with E-state index in [1.165, 1.54) is 0 Å². The standard InChI is InChI=1S/C23H30ClN5O4/c1-23(2,3)33-22(32)26-18-11-14(21(31)29(4)5)7-9-16(18)25-20(30)19-10-13-6-8-15(24)12-17(13)27-28-19/h6,8,10,12,14,16,18H,7,9,11H2,1-5H3,(H,25,30)(H,26,32)/t14-,16-,18+/m0/s1. The van der Waals surface area contributed by atoms with Crippen LogP contribution in [-0.4, -0.2) is 64.8 Å². The van der Waals surface area contributed by atoms with Crippen molar-refractivity contribution in [1.82, 2.24) is 25.7 Å². The van der Waals surface area contributed by atoms with Gasteiger partial charge < -0.3 is 20.3 Å². The molecular formula is C23H30ClN5O4. The second-order valence-corrected chi connectivity index (χ2v) is 9.94. The zero-order chi connectivity index (χ0) is 24.3. The fraction of sp³-hybridized carbons (Fsp3) is 0.522. The monoisotopic (exact) mass is 475 g/mol. The predicted octanol–water partition coefficient (Wildman–Crippen LogP) is 3.16.